The highest BCUT2D eigenvalue weighted by Gasteiger charge is 2.51. The number of amides is 2. The zero-order valence-corrected chi connectivity index (χ0v) is 17.8. The van der Waals surface area contributed by atoms with E-state index in [1.165, 1.54) is 31.2 Å². The van der Waals surface area contributed by atoms with Gasteiger partial charge in [-0.1, -0.05) is 50.1 Å². The van der Waals surface area contributed by atoms with Gasteiger partial charge in [0, 0.05) is 12.5 Å². The van der Waals surface area contributed by atoms with Crippen LogP contribution in [0.4, 0.5) is 4.79 Å². The standard InChI is InChI=1S/C22H29N5O.ClH/c1-2-12-26-21-18(24-19(25-21)16-10-6-7-11-16)20-23-17(14-27(20)22(26)28)13-15-8-4-3-5-9-15;/h3-5,8-9,16-18,21H,2,6-7,10-14H2,1H3,(H,24,25);1H. The molecule has 1 N–H and O–H groups in total. The molecule has 0 radical (unpaired) electrons. The van der Waals surface area contributed by atoms with E-state index in [4.69, 9.17) is 9.98 Å². The number of amidine groups is 2. The molecule has 5 rings (SSSR count). The lowest BCUT2D eigenvalue weighted by atomic mass is 10.1. The monoisotopic (exact) mass is 415 g/mol. The van der Waals surface area contributed by atoms with Gasteiger partial charge >= 0.3 is 6.03 Å². The molecule has 1 saturated heterocycles. The van der Waals surface area contributed by atoms with E-state index in [9.17, 15) is 4.79 Å². The molecule has 0 spiro atoms. The van der Waals surface area contributed by atoms with E-state index in [0.29, 0.717) is 12.5 Å². The predicted octanol–water partition coefficient (Wildman–Crippen LogP) is 3.47. The Kier molecular flexibility index (Phi) is 5.81. The fourth-order valence-electron chi connectivity index (χ4n) is 5.12. The van der Waals surface area contributed by atoms with Gasteiger partial charge in [0.1, 0.15) is 17.7 Å². The first-order valence-corrected chi connectivity index (χ1v) is 10.8. The summed E-state index contributed by atoms with van der Waals surface area (Å²) in [6.07, 6.45) is 6.66. The van der Waals surface area contributed by atoms with Crippen LogP contribution in [0.25, 0.3) is 0 Å². The van der Waals surface area contributed by atoms with E-state index >= 15 is 0 Å². The molecule has 3 aliphatic heterocycles. The van der Waals surface area contributed by atoms with E-state index < -0.39 is 0 Å². The molecule has 7 heteroatoms. The average Bonchev–Trinajstić information content (AvgIpc) is 3.44. The van der Waals surface area contributed by atoms with Crippen molar-refractivity contribution in [2.75, 3.05) is 13.1 Å². The molecule has 6 nitrogen and oxygen atoms in total. The third-order valence-corrected chi connectivity index (χ3v) is 6.45. The number of benzene rings is 1. The first-order chi connectivity index (χ1) is 13.7. The molecule has 3 atom stereocenters. The van der Waals surface area contributed by atoms with Crippen molar-refractivity contribution < 1.29 is 4.79 Å². The van der Waals surface area contributed by atoms with Gasteiger partial charge in [-0.05, 0) is 31.2 Å². The molecular weight excluding hydrogens is 386 g/mol. The Bertz CT molecular complexity index is 805. The number of nitrogens with one attached hydrogen (secondary N) is 1. The van der Waals surface area contributed by atoms with Gasteiger partial charge in [0.25, 0.3) is 0 Å². The summed E-state index contributed by atoms with van der Waals surface area (Å²) in [4.78, 5) is 27.1. The Hall–Kier alpha value is -2.08. The van der Waals surface area contributed by atoms with Crippen LogP contribution in [0.1, 0.15) is 44.6 Å². The fourth-order valence-corrected chi connectivity index (χ4v) is 5.12. The summed E-state index contributed by atoms with van der Waals surface area (Å²) in [5.41, 5.74) is 1.27. The predicted molar refractivity (Wildman–Crippen MR) is 118 cm³/mol. The van der Waals surface area contributed by atoms with Crippen LogP contribution in [-0.2, 0) is 6.42 Å². The smallest absolute Gasteiger partial charge is 0.327 e. The van der Waals surface area contributed by atoms with Crippen molar-refractivity contribution in [1.82, 2.24) is 15.1 Å². The minimum absolute atomic E-state index is 0. The summed E-state index contributed by atoms with van der Waals surface area (Å²) in [7, 11) is 0. The topological polar surface area (TPSA) is 60.3 Å². The van der Waals surface area contributed by atoms with Gasteiger partial charge in [0.05, 0.1) is 12.6 Å². The van der Waals surface area contributed by atoms with Crippen molar-refractivity contribution >= 4 is 30.1 Å². The largest absolute Gasteiger partial charge is 0.360 e. The van der Waals surface area contributed by atoms with Gasteiger partial charge in [0.15, 0.2) is 6.17 Å². The van der Waals surface area contributed by atoms with E-state index in [1.807, 2.05) is 15.9 Å². The maximum absolute atomic E-state index is 13.2. The van der Waals surface area contributed by atoms with Crippen LogP contribution in [-0.4, -0.2) is 58.8 Å². The Balaban J connectivity index is 0.00000205. The number of nitrogens with zero attached hydrogens (tertiary/aromatic N) is 4. The minimum Gasteiger partial charge on any atom is -0.360 e. The molecule has 1 aromatic carbocycles. The molecule has 2 amide bonds. The quantitative estimate of drug-likeness (QED) is 0.800. The molecule has 0 bridgehead atoms. The molecular formula is C22H30ClN5O. The maximum Gasteiger partial charge on any atom is 0.327 e. The highest BCUT2D eigenvalue weighted by molar-refractivity contribution is 6.08. The maximum atomic E-state index is 13.2. The van der Waals surface area contributed by atoms with Gasteiger partial charge in [-0.3, -0.25) is 14.8 Å². The van der Waals surface area contributed by atoms with Crippen molar-refractivity contribution in [1.29, 1.82) is 0 Å². The van der Waals surface area contributed by atoms with Gasteiger partial charge in [-0.25, -0.2) is 9.79 Å². The zero-order valence-electron chi connectivity index (χ0n) is 17.0. The summed E-state index contributed by atoms with van der Waals surface area (Å²) in [6.45, 7) is 3.54. The van der Waals surface area contributed by atoms with Crippen molar-refractivity contribution in [3.63, 3.8) is 0 Å². The number of rotatable bonds is 5. The molecule has 0 aromatic heterocycles. The van der Waals surface area contributed by atoms with E-state index in [-0.39, 0.29) is 36.7 Å². The van der Waals surface area contributed by atoms with Crippen LogP contribution >= 0.6 is 12.4 Å². The number of carbonyl (C=O) groups excluding carboxylic acids is 1. The molecule has 29 heavy (non-hydrogen) atoms. The van der Waals surface area contributed by atoms with Gasteiger partial charge in [0.2, 0.25) is 0 Å². The zero-order chi connectivity index (χ0) is 19.1. The summed E-state index contributed by atoms with van der Waals surface area (Å²) in [5.74, 6) is 2.54. The minimum atomic E-state index is -0.131. The van der Waals surface area contributed by atoms with Crippen molar-refractivity contribution in [2.24, 2.45) is 15.9 Å². The van der Waals surface area contributed by atoms with Crippen LogP contribution in [0.3, 0.4) is 0 Å². The van der Waals surface area contributed by atoms with Crippen LogP contribution in [0, 0.1) is 5.92 Å². The van der Waals surface area contributed by atoms with Crippen LogP contribution < -0.4 is 5.32 Å². The lowest BCUT2D eigenvalue weighted by Crippen LogP contribution is -2.64. The first kappa shape index (κ1) is 20.2. The fraction of sp³-hybridized carbons (Fsp3) is 0.591. The Morgan fingerprint density at radius 3 is 2.62 bits per heavy atom. The van der Waals surface area contributed by atoms with Crippen LogP contribution in [0.5, 0.6) is 0 Å². The first-order valence-electron chi connectivity index (χ1n) is 10.8. The Morgan fingerprint density at radius 1 is 1.14 bits per heavy atom. The van der Waals surface area contributed by atoms with Gasteiger partial charge in [-0.2, -0.15) is 0 Å². The van der Waals surface area contributed by atoms with Crippen LogP contribution in [0.15, 0.2) is 40.3 Å². The number of hydrogen-bond acceptors (Lipinski definition) is 4. The Labute approximate surface area is 178 Å². The summed E-state index contributed by atoms with van der Waals surface area (Å²) >= 11 is 0. The normalized spacial score (nSPS) is 28.4. The second-order valence-corrected chi connectivity index (χ2v) is 8.45. The SMILES string of the molecule is CCCN1C(=O)N2CC(Cc3ccccc3)N=C2C2NC(C3CCCC3)=NC21.Cl. The number of aliphatic imine (C=N–C) groups is 2. The van der Waals surface area contributed by atoms with E-state index in [1.54, 1.807) is 0 Å². The molecule has 3 heterocycles. The average molecular weight is 416 g/mol. The van der Waals surface area contributed by atoms with Crippen molar-refractivity contribution in [3.05, 3.63) is 35.9 Å². The molecule has 4 aliphatic rings. The molecule has 1 saturated carbocycles. The lowest BCUT2D eigenvalue weighted by Gasteiger charge is -2.40. The number of carbonyl (C=O) groups is 1. The second-order valence-electron chi connectivity index (χ2n) is 8.45. The molecule has 1 aliphatic carbocycles. The highest BCUT2D eigenvalue weighted by atomic mass is 35.5. The van der Waals surface area contributed by atoms with Gasteiger partial charge < -0.3 is 5.32 Å². The molecule has 2 fully saturated rings. The molecule has 3 unspecified atom stereocenters. The molecule has 1 aromatic rings. The number of hydrogen-bond donors (Lipinski definition) is 1. The van der Waals surface area contributed by atoms with Gasteiger partial charge in [-0.15, -0.1) is 12.4 Å². The second kappa shape index (κ2) is 8.34. The lowest BCUT2D eigenvalue weighted by molar-refractivity contribution is 0.139. The van der Waals surface area contributed by atoms with E-state index in [2.05, 4.69) is 36.5 Å². The van der Waals surface area contributed by atoms with Crippen molar-refractivity contribution in [2.45, 2.75) is 63.7 Å². The van der Waals surface area contributed by atoms with Crippen molar-refractivity contribution in [3.8, 4) is 0 Å². The highest BCUT2D eigenvalue weighted by Crippen LogP contribution is 2.33. The van der Waals surface area contributed by atoms with Crippen LogP contribution in [0.2, 0.25) is 0 Å². The third-order valence-electron chi connectivity index (χ3n) is 6.45. The molecule has 156 valence electrons. The summed E-state index contributed by atoms with van der Waals surface area (Å²) < 4.78 is 0. The number of halogens is 1. The summed E-state index contributed by atoms with van der Waals surface area (Å²) in [5, 5.41) is 3.68. The third kappa shape index (κ3) is 3.63. The summed E-state index contributed by atoms with van der Waals surface area (Å²) in [6, 6.07) is 10.7. The number of fused-ring (bicyclic) bond motifs is 3. The number of urea groups is 1. The van der Waals surface area contributed by atoms with E-state index in [0.717, 1.165) is 31.1 Å². The Morgan fingerprint density at radius 2 is 1.90 bits per heavy atom.